The van der Waals surface area contributed by atoms with Gasteiger partial charge in [-0.2, -0.15) is 0 Å². The molecule has 0 fully saturated rings. The van der Waals surface area contributed by atoms with Gasteiger partial charge in [0, 0.05) is 5.56 Å². The molecule has 0 saturated heterocycles. The quantitative estimate of drug-likeness (QED) is 0.566. The Kier molecular flexibility index (Phi) is 6.58. The first-order valence-corrected chi connectivity index (χ1v) is 6.66. The Morgan fingerprint density at radius 3 is 2.67 bits per heavy atom. The van der Waals surface area contributed by atoms with Gasteiger partial charge in [-0.25, -0.2) is 4.39 Å². The van der Waals surface area contributed by atoms with Crippen LogP contribution in [-0.2, 0) is 0 Å². The number of benzene rings is 1. The van der Waals surface area contributed by atoms with Gasteiger partial charge in [0.1, 0.15) is 5.82 Å². The van der Waals surface area contributed by atoms with E-state index in [2.05, 4.69) is 19.2 Å². The minimum atomic E-state index is -0.363. The lowest BCUT2D eigenvalue weighted by Gasteiger charge is -2.12. The molecule has 0 heterocycles. The van der Waals surface area contributed by atoms with Crippen LogP contribution in [0, 0.1) is 11.7 Å². The second-order valence-electron chi connectivity index (χ2n) is 4.58. The Morgan fingerprint density at radius 1 is 1.33 bits per heavy atom. The highest BCUT2D eigenvalue weighted by atomic mass is 19.1. The summed E-state index contributed by atoms with van der Waals surface area (Å²) < 4.78 is 12.9. The zero-order chi connectivity index (χ0) is 13.4. The molecule has 100 valence electrons. The molecule has 0 atom stereocenters. The summed E-state index contributed by atoms with van der Waals surface area (Å²) in [7, 11) is 0. The first-order chi connectivity index (χ1) is 8.67. The van der Waals surface area contributed by atoms with Crippen LogP contribution in [0.25, 0.3) is 0 Å². The molecule has 1 rings (SSSR count). The van der Waals surface area contributed by atoms with E-state index in [1.807, 2.05) is 0 Å². The fourth-order valence-corrected chi connectivity index (χ4v) is 1.97. The number of Topliss-reactive ketones (excluding diaryl/α,β-unsaturated/α-hetero) is 1. The van der Waals surface area contributed by atoms with Gasteiger partial charge in [0.05, 0.1) is 6.54 Å². The fraction of sp³-hybridized carbons (Fsp3) is 0.533. The van der Waals surface area contributed by atoms with Crippen LogP contribution in [0.3, 0.4) is 0 Å². The first kappa shape index (κ1) is 14.8. The third-order valence-electron chi connectivity index (χ3n) is 3.32. The van der Waals surface area contributed by atoms with Crippen molar-refractivity contribution in [1.82, 2.24) is 5.32 Å². The molecule has 18 heavy (non-hydrogen) atoms. The molecule has 0 spiro atoms. The van der Waals surface area contributed by atoms with E-state index in [9.17, 15) is 9.18 Å². The minimum Gasteiger partial charge on any atom is -0.310 e. The Morgan fingerprint density at radius 2 is 2.06 bits per heavy atom. The summed E-state index contributed by atoms with van der Waals surface area (Å²) in [6, 6.07) is 5.84. The van der Waals surface area contributed by atoms with Crippen molar-refractivity contribution in [2.45, 2.75) is 33.1 Å². The second-order valence-corrected chi connectivity index (χ2v) is 4.58. The third kappa shape index (κ3) is 4.96. The van der Waals surface area contributed by atoms with Gasteiger partial charge in [-0.3, -0.25) is 4.79 Å². The molecule has 0 aliphatic heterocycles. The summed E-state index contributed by atoms with van der Waals surface area (Å²) >= 11 is 0. The summed E-state index contributed by atoms with van der Waals surface area (Å²) in [6.45, 7) is 5.50. The third-order valence-corrected chi connectivity index (χ3v) is 3.32. The fourth-order valence-electron chi connectivity index (χ4n) is 1.97. The number of hydrogen-bond donors (Lipinski definition) is 1. The molecular weight excluding hydrogens is 229 g/mol. The second kappa shape index (κ2) is 7.98. The van der Waals surface area contributed by atoms with Crippen molar-refractivity contribution >= 4 is 5.78 Å². The Labute approximate surface area is 109 Å². The Bertz CT molecular complexity index is 375. The van der Waals surface area contributed by atoms with Crippen molar-refractivity contribution in [1.29, 1.82) is 0 Å². The number of carbonyl (C=O) groups excluding carboxylic acids is 1. The van der Waals surface area contributed by atoms with E-state index in [0.29, 0.717) is 5.56 Å². The largest absolute Gasteiger partial charge is 0.310 e. The predicted molar refractivity (Wildman–Crippen MR) is 72.3 cm³/mol. The Balaban J connectivity index is 2.29. The molecule has 1 aromatic rings. The monoisotopic (exact) mass is 251 g/mol. The molecule has 3 heteroatoms. The van der Waals surface area contributed by atoms with Crippen molar-refractivity contribution in [3.63, 3.8) is 0 Å². The molecule has 2 nitrogen and oxygen atoms in total. The maximum absolute atomic E-state index is 12.9. The van der Waals surface area contributed by atoms with Crippen molar-refractivity contribution < 1.29 is 9.18 Å². The molecule has 1 aromatic carbocycles. The summed E-state index contributed by atoms with van der Waals surface area (Å²) in [5.74, 6) is 0.304. The van der Waals surface area contributed by atoms with E-state index >= 15 is 0 Å². The number of nitrogens with one attached hydrogen (secondary N) is 1. The lowest BCUT2D eigenvalue weighted by atomic mass is 10.00. The highest BCUT2D eigenvalue weighted by Gasteiger charge is 2.07. The predicted octanol–water partition coefficient (Wildman–Crippen LogP) is 3.42. The molecule has 0 bridgehead atoms. The number of hydrogen-bond acceptors (Lipinski definition) is 2. The van der Waals surface area contributed by atoms with E-state index in [1.54, 1.807) is 12.1 Å². The normalized spacial score (nSPS) is 10.9. The van der Waals surface area contributed by atoms with Crippen molar-refractivity contribution in [2.75, 3.05) is 13.1 Å². The molecular formula is C15H22FNO. The van der Waals surface area contributed by atoms with Crippen LogP contribution < -0.4 is 5.32 Å². The molecule has 0 aromatic heterocycles. The van der Waals surface area contributed by atoms with Crippen LogP contribution in [0.2, 0.25) is 0 Å². The molecule has 0 radical (unpaired) electrons. The van der Waals surface area contributed by atoms with Crippen LogP contribution in [0.1, 0.15) is 43.5 Å². The molecule has 0 saturated carbocycles. The number of carbonyl (C=O) groups is 1. The number of halogens is 1. The maximum atomic E-state index is 12.9. The zero-order valence-corrected chi connectivity index (χ0v) is 11.2. The van der Waals surface area contributed by atoms with E-state index in [-0.39, 0.29) is 18.1 Å². The first-order valence-electron chi connectivity index (χ1n) is 6.66. The molecule has 1 N–H and O–H groups in total. The van der Waals surface area contributed by atoms with Gasteiger partial charge >= 0.3 is 0 Å². The van der Waals surface area contributed by atoms with Crippen LogP contribution in [0.15, 0.2) is 24.3 Å². The summed E-state index contributed by atoms with van der Waals surface area (Å²) in [5, 5.41) is 3.13. The lowest BCUT2D eigenvalue weighted by molar-refractivity contribution is 0.0990. The molecule has 0 amide bonds. The summed E-state index contributed by atoms with van der Waals surface area (Å²) in [4.78, 5) is 11.8. The number of ketones is 1. The maximum Gasteiger partial charge on any atom is 0.176 e. The van der Waals surface area contributed by atoms with Gasteiger partial charge in [0.2, 0.25) is 0 Å². The molecule has 0 aliphatic carbocycles. The highest BCUT2D eigenvalue weighted by Crippen LogP contribution is 2.11. The standard InChI is InChI=1S/C15H22FNO/c1-3-12(4-2)8-9-17-11-15(18)13-6-5-7-14(16)10-13/h5-7,10,12,17H,3-4,8-9,11H2,1-2H3. The van der Waals surface area contributed by atoms with Crippen LogP contribution in [0.5, 0.6) is 0 Å². The highest BCUT2D eigenvalue weighted by molar-refractivity contribution is 5.97. The SMILES string of the molecule is CCC(CC)CCNCC(=O)c1cccc(F)c1. The minimum absolute atomic E-state index is 0.0564. The van der Waals surface area contributed by atoms with E-state index in [4.69, 9.17) is 0 Å². The molecule has 0 unspecified atom stereocenters. The summed E-state index contributed by atoms with van der Waals surface area (Å²) in [5.41, 5.74) is 0.435. The van der Waals surface area contributed by atoms with E-state index in [1.165, 1.54) is 25.0 Å². The van der Waals surface area contributed by atoms with Crippen molar-refractivity contribution in [3.8, 4) is 0 Å². The van der Waals surface area contributed by atoms with Gasteiger partial charge in [0.15, 0.2) is 5.78 Å². The van der Waals surface area contributed by atoms with E-state index in [0.717, 1.165) is 18.9 Å². The van der Waals surface area contributed by atoms with Gasteiger partial charge in [-0.05, 0) is 31.0 Å². The van der Waals surface area contributed by atoms with Crippen LogP contribution in [0.4, 0.5) is 4.39 Å². The lowest BCUT2D eigenvalue weighted by Crippen LogP contribution is -2.25. The Hall–Kier alpha value is -1.22. The smallest absolute Gasteiger partial charge is 0.176 e. The van der Waals surface area contributed by atoms with Crippen LogP contribution in [-0.4, -0.2) is 18.9 Å². The van der Waals surface area contributed by atoms with Crippen LogP contribution >= 0.6 is 0 Å². The van der Waals surface area contributed by atoms with Gasteiger partial charge in [0.25, 0.3) is 0 Å². The summed E-state index contributed by atoms with van der Waals surface area (Å²) in [6.07, 6.45) is 3.44. The van der Waals surface area contributed by atoms with Crippen molar-refractivity contribution in [2.24, 2.45) is 5.92 Å². The van der Waals surface area contributed by atoms with Crippen molar-refractivity contribution in [3.05, 3.63) is 35.6 Å². The van der Waals surface area contributed by atoms with Gasteiger partial charge in [-0.1, -0.05) is 38.8 Å². The number of rotatable bonds is 8. The topological polar surface area (TPSA) is 29.1 Å². The average Bonchev–Trinajstić information content (AvgIpc) is 2.38. The van der Waals surface area contributed by atoms with Gasteiger partial charge < -0.3 is 5.32 Å². The van der Waals surface area contributed by atoms with E-state index < -0.39 is 0 Å². The zero-order valence-electron chi connectivity index (χ0n) is 11.2. The average molecular weight is 251 g/mol. The molecule has 0 aliphatic rings. The van der Waals surface area contributed by atoms with Gasteiger partial charge in [-0.15, -0.1) is 0 Å².